The quantitative estimate of drug-likeness (QED) is 0.566. The van der Waals surface area contributed by atoms with Gasteiger partial charge in [-0.15, -0.1) is 0 Å². The van der Waals surface area contributed by atoms with E-state index in [0.29, 0.717) is 30.1 Å². The molecule has 0 spiro atoms. The normalized spacial score (nSPS) is 19.3. The third-order valence-electron chi connectivity index (χ3n) is 4.09. The standard InChI is InChI=1S/C17H18FIN4O2/c1-3-25-14(24)7-10-4-5-12(18)11(6-10)17(2)9-23-8-13(19)21-16(23)15(20)22-17/h4-6,8H,3,7,9H2,1-2H3,(H2,20,22). The van der Waals surface area contributed by atoms with Crippen LogP contribution in [0.25, 0.3) is 0 Å². The molecule has 6 nitrogen and oxygen atoms in total. The predicted octanol–water partition coefficient (Wildman–Crippen LogP) is 2.37. The molecule has 0 saturated carbocycles. The number of carbonyl (C=O) groups excluding carboxylic acids is 1. The zero-order valence-corrected chi connectivity index (χ0v) is 16.1. The smallest absolute Gasteiger partial charge is 0.310 e. The summed E-state index contributed by atoms with van der Waals surface area (Å²) in [5.74, 6) is 0.130. The molecule has 0 amide bonds. The van der Waals surface area contributed by atoms with E-state index in [1.54, 1.807) is 19.1 Å². The van der Waals surface area contributed by atoms with Gasteiger partial charge < -0.3 is 15.0 Å². The number of nitrogens with zero attached hydrogens (tertiary/aromatic N) is 3. The Morgan fingerprint density at radius 2 is 2.28 bits per heavy atom. The lowest BCUT2D eigenvalue weighted by Gasteiger charge is -2.31. The van der Waals surface area contributed by atoms with E-state index in [1.807, 2.05) is 17.7 Å². The van der Waals surface area contributed by atoms with Crippen LogP contribution in [-0.2, 0) is 28.0 Å². The van der Waals surface area contributed by atoms with E-state index in [-0.39, 0.29) is 24.0 Å². The Bertz CT molecular complexity index is 864. The maximum atomic E-state index is 14.5. The summed E-state index contributed by atoms with van der Waals surface area (Å²) in [5.41, 5.74) is 6.24. The van der Waals surface area contributed by atoms with Crippen molar-refractivity contribution in [1.82, 2.24) is 9.55 Å². The highest BCUT2D eigenvalue weighted by atomic mass is 127. The molecule has 1 atom stereocenters. The minimum Gasteiger partial charge on any atom is -0.466 e. The van der Waals surface area contributed by atoms with Crippen molar-refractivity contribution in [3.05, 3.63) is 50.9 Å². The van der Waals surface area contributed by atoms with Crippen LogP contribution in [0.2, 0.25) is 0 Å². The summed E-state index contributed by atoms with van der Waals surface area (Å²) in [6.07, 6.45) is 1.95. The number of amidine groups is 1. The van der Waals surface area contributed by atoms with Crippen molar-refractivity contribution in [3.63, 3.8) is 0 Å². The van der Waals surface area contributed by atoms with Crippen LogP contribution in [0.3, 0.4) is 0 Å². The Kier molecular flexibility index (Phi) is 4.81. The number of hydrogen-bond acceptors (Lipinski definition) is 5. The van der Waals surface area contributed by atoms with Crippen molar-refractivity contribution in [2.75, 3.05) is 6.61 Å². The summed E-state index contributed by atoms with van der Waals surface area (Å²) in [7, 11) is 0. The van der Waals surface area contributed by atoms with Gasteiger partial charge in [-0.2, -0.15) is 0 Å². The fourth-order valence-electron chi connectivity index (χ4n) is 3.01. The van der Waals surface area contributed by atoms with E-state index in [2.05, 4.69) is 32.6 Å². The van der Waals surface area contributed by atoms with Crippen molar-refractivity contribution in [3.8, 4) is 0 Å². The van der Waals surface area contributed by atoms with Gasteiger partial charge in [-0.3, -0.25) is 9.79 Å². The average Bonchev–Trinajstić information content (AvgIpc) is 2.90. The van der Waals surface area contributed by atoms with Crippen LogP contribution in [0.15, 0.2) is 29.4 Å². The summed E-state index contributed by atoms with van der Waals surface area (Å²) in [6, 6.07) is 4.60. The van der Waals surface area contributed by atoms with Crippen molar-refractivity contribution < 1.29 is 13.9 Å². The molecule has 0 fully saturated rings. The van der Waals surface area contributed by atoms with Crippen molar-refractivity contribution in [2.24, 2.45) is 10.7 Å². The molecule has 0 aliphatic carbocycles. The first-order valence-corrected chi connectivity index (χ1v) is 8.93. The fourth-order valence-corrected chi connectivity index (χ4v) is 3.58. The number of hydrogen-bond donors (Lipinski definition) is 1. The number of fused-ring (bicyclic) bond motifs is 1. The molecular formula is C17H18FIN4O2. The Labute approximate surface area is 158 Å². The molecular weight excluding hydrogens is 438 g/mol. The third kappa shape index (κ3) is 3.53. The van der Waals surface area contributed by atoms with E-state index in [4.69, 9.17) is 10.5 Å². The van der Waals surface area contributed by atoms with Gasteiger partial charge in [-0.1, -0.05) is 6.07 Å². The summed E-state index contributed by atoms with van der Waals surface area (Å²) in [6.45, 7) is 4.30. The highest BCUT2D eigenvalue weighted by Gasteiger charge is 2.35. The molecule has 2 aromatic rings. The fraction of sp³-hybridized carbons (Fsp3) is 0.353. The number of aliphatic imine (C=N–C) groups is 1. The summed E-state index contributed by atoms with van der Waals surface area (Å²) >= 11 is 2.10. The molecule has 1 unspecified atom stereocenters. The number of nitrogens with two attached hydrogens (primary N) is 1. The van der Waals surface area contributed by atoms with Gasteiger partial charge in [-0.25, -0.2) is 9.37 Å². The van der Waals surface area contributed by atoms with Crippen LogP contribution in [0.5, 0.6) is 0 Å². The second-order valence-electron chi connectivity index (χ2n) is 6.08. The molecule has 132 valence electrons. The molecule has 2 heterocycles. The number of benzene rings is 1. The van der Waals surface area contributed by atoms with E-state index < -0.39 is 5.54 Å². The Balaban J connectivity index is 1.98. The lowest BCUT2D eigenvalue weighted by atomic mass is 9.89. The number of halogens is 2. The lowest BCUT2D eigenvalue weighted by Crippen LogP contribution is -2.37. The summed E-state index contributed by atoms with van der Waals surface area (Å²) in [5, 5.41) is 0. The van der Waals surface area contributed by atoms with E-state index in [1.165, 1.54) is 6.07 Å². The van der Waals surface area contributed by atoms with Crippen molar-refractivity contribution in [1.29, 1.82) is 0 Å². The molecule has 1 aromatic carbocycles. The van der Waals surface area contributed by atoms with Crippen molar-refractivity contribution in [2.45, 2.75) is 32.4 Å². The zero-order valence-electron chi connectivity index (χ0n) is 13.9. The highest BCUT2D eigenvalue weighted by Crippen LogP contribution is 2.34. The number of ether oxygens (including phenoxy) is 1. The molecule has 0 bridgehead atoms. The number of aromatic nitrogens is 2. The van der Waals surface area contributed by atoms with Crippen LogP contribution >= 0.6 is 22.6 Å². The average molecular weight is 456 g/mol. The molecule has 0 saturated heterocycles. The van der Waals surface area contributed by atoms with Gasteiger partial charge in [0.05, 0.1) is 19.6 Å². The minimum atomic E-state index is -0.879. The maximum absolute atomic E-state index is 14.5. The molecule has 1 aliphatic rings. The van der Waals surface area contributed by atoms with Crippen LogP contribution in [0, 0.1) is 9.52 Å². The van der Waals surface area contributed by atoms with E-state index in [0.717, 1.165) is 3.70 Å². The van der Waals surface area contributed by atoms with Crippen LogP contribution < -0.4 is 5.73 Å². The first-order valence-electron chi connectivity index (χ1n) is 7.85. The van der Waals surface area contributed by atoms with Gasteiger partial charge in [-0.05, 0) is 54.1 Å². The topological polar surface area (TPSA) is 82.5 Å². The molecule has 8 heteroatoms. The van der Waals surface area contributed by atoms with Gasteiger partial charge in [0.25, 0.3) is 0 Å². The molecule has 2 N–H and O–H groups in total. The van der Waals surface area contributed by atoms with Gasteiger partial charge in [0.2, 0.25) is 0 Å². The Morgan fingerprint density at radius 1 is 1.52 bits per heavy atom. The third-order valence-corrected chi connectivity index (χ3v) is 4.61. The van der Waals surface area contributed by atoms with E-state index >= 15 is 0 Å². The number of rotatable bonds is 4. The van der Waals surface area contributed by atoms with Crippen molar-refractivity contribution >= 4 is 34.4 Å². The van der Waals surface area contributed by atoms with Gasteiger partial charge in [0, 0.05) is 11.8 Å². The molecule has 25 heavy (non-hydrogen) atoms. The zero-order chi connectivity index (χ0) is 18.2. The first-order chi connectivity index (χ1) is 11.8. The van der Waals surface area contributed by atoms with Gasteiger partial charge >= 0.3 is 5.97 Å². The van der Waals surface area contributed by atoms with E-state index in [9.17, 15) is 9.18 Å². The number of carbonyl (C=O) groups is 1. The van der Waals surface area contributed by atoms with Crippen LogP contribution in [0.4, 0.5) is 4.39 Å². The minimum absolute atomic E-state index is 0.0879. The van der Waals surface area contributed by atoms with Crippen LogP contribution in [-0.4, -0.2) is 28.0 Å². The Hall–Kier alpha value is -1.97. The Morgan fingerprint density at radius 3 is 3.00 bits per heavy atom. The molecule has 0 radical (unpaired) electrons. The first kappa shape index (κ1) is 17.8. The predicted molar refractivity (Wildman–Crippen MR) is 99.8 cm³/mol. The number of imidazole rings is 1. The highest BCUT2D eigenvalue weighted by molar-refractivity contribution is 14.1. The largest absolute Gasteiger partial charge is 0.466 e. The second-order valence-corrected chi connectivity index (χ2v) is 7.19. The maximum Gasteiger partial charge on any atom is 0.310 e. The summed E-state index contributed by atoms with van der Waals surface area (Å²) in [4.78, 5) is 20.5. The van der Waals surface area contributed by atoms with Crippen LogP contribution in [0.1, 0.15) is 30.8 Å². The van der Waals surface area contributed by atoms with Gasteiger partial charge in [0.15, 0.2) is 11.7 Å². The molecule has 3 rings (SSSR count). The second kappa shape index (κ2) is 6.74. The molecule has 1 aromatic heterocycles. The SMILES string of the molecule is CCOC(=O)Cc1ccc(F)c(C2(C)Cn3cc(I)nc3C(N)=N2)c1. The monoisotopic (exact) mass is 456 g/mol. The van der Waals surface area contributed by atoms with Gasteiger partial charge in [0.1, 0.15) is 15.1 Å². The number of esters is 1. The summed E-state index contributed by atoms with van der Waals surface area (Å²) < 4.78 is 22.2. The lowest BCUT2D eigenvalue weighted by molar-refractivity contribution is -0.142. The molecule has 1 aliphatic heterocycles.